The van der Waals surface area contributed by atoms with Gasteiger partial charge in [-0.15, -0.1) is 0 Å². The van der Waals surface area contributed by atoms with Crippen LogP contribution in [0, 0.1) is 13.8 Å². The summed E-state index contributed by atoms with van der Waals surface area (Å²) in [6.45, 7) is 4.83. The highest BCUT2D eigenvalue weighted by atomic mass is 16.5. The molecule has 0 radical (unpaired) electrons. The number of fused-ring (bicyclic) bond motifs is 1. The zero-order valence-electron chi connectivity index (χ0n) is 11.6. The minimum Gasteiger partial charge on any atom is -0.372 e. The molecular formula is C15H18N2O2. The number of benzene rings is 1. The van der Waals surface area contributed by atoms with Gasteiger partial charge in [0.05, 0.1) is 11.0 Å². The Kier molecular flexibility index (Phi) is 2.90. The van der Waals surface area contributed by atoms with Crippen molar-refractivity contribution in [2.24, 2.45) is 7.05 Å². The first-order chi connectivity index (χ1) is 9.08. The largest absolute Gasteiger partial charge is 0.372 e. The Labute approximate surface area is 112 Å². The molecule has 4 heteroatoms. The predicted molar refractivity (Wildman–Crippen MR) is 74.4 cm³/mol. The maximum Gasteiger partial charge on any atom is 0.275 e. The Bertz CT molecular complexity index is 697. The quantitative estimate of drug-likeness (QED) is 0.789. The van der Waals surface area contributed by atoms with E-state index in [0.29, 0.717) is 5.69 Å². The SMILES string of the molecule is Cc1cc2nc(C3CCCO3)c(=O)n(C)c2cc1C. The molecule has 2 aromatic rings. The van der Waals surface area contributed by atoms with Crippen LogP contribution in [0.25, 0.3) is 11.0 Å². The molecular weight excluding hydrogens is 240 g/mol. The maximum absolute atomic E-state index is 12.4. The summed E-state index contributed by atoms with van der Waals surface area (Å²) in [7, 11) is 1.81. The molecule has 19 heavy (non-hydrogen) atoms. The number of aromatic nitrogens is 2. The van der Waals surface area contributed by atoms with Crippen molar-refractivity contribution in [3.63, 3.8) is 0 Å². The van der Waals surface area contributed by atoms with Crippen LogP contribution in [0.1, 0.15) is 35.8 Å². The Hall–Kier alpha value is -1.68. The van der Waals surface area contributed by atoms with Gasteiger partial charge in [-0.25, -0.2) is 4.98 Å². The first-order valence-corrected chi connectivity index (χ1v) is 6.67. The average Bonchev–Trinajstić information content (AvgIpc) is 2.90. The van der Waals surface area contributed by atoms with Crippen LogP contribution in [0.3, 0.4) is 0 Å². The Morgan fingerprint density at radius 2 is 2.05 bits per heavy atom. The number of nitrogens with zero attached hydrogens (tertiary/aromatic N) is 2. The van der Waals surface area contributed by atoms with E-state index in [1.807, 2.05) is 19.1 Å². The molecule has 3 rings (SSSR count). The van der Waals surface area contributed by atoms with Gasteiger partial charge in [-0.2, -0.15) is 0 Å². The second-order valence-electron chi connectivity index (χ2n) is 5.29. The fraction of sp³-hybridized carbons (Fsp3) is 0.467. The van der Waals surface area contributed by atoms with Crippen LogP contribution in [0.2, 0.25) is 0 Å². The van der Waals surface area contributed by atoms with Crippen molar-refractivity contribution >= 4 is 11.0 Å². The fourth-order valence-electron chi connectivity index (χ4n) is 2.61. The van der Waals surface area contributed by atoms with Gasteiger partial charge in [-0.3, -0.25) is 4.79 Å². The summed E-state index contributed by atoms with van der Waals surface area (Å²) in [6.07, 6.45) is 1.75. The third-order valence-electron chi connectivity index (χ3n) is 3.95. The Morgan fingerprint density at radius 3 is 2.74 bits per heavy atom. The molecule has 1 aromatic carbocycles. The standard InChI is InChI=1S/C15H18N2O2/c1-9-7-11-12(8-10(9)2)17(3)15(18)14(16-11)13-5-4-6-19-13/h7-8,13H,4-6H2,1-3H3. The van der Waals surface area contributed by atoms with Crippen LogP contribution in [0.5, 0.6) is 0 Å². The summed E-state index contributed by atoms with van der Waals surface area (Å²) < 4.78 is 7.29. The van der Waals surface area contributed by atoms with Crippen molar-refractivity contribution < 1.29 is 4.74 Å². The number of hydrogen-bond acceptors (Lipinski definition) is 3. The van der Waals surface area contributed by atoms with Crippen molar-refractivity contribution in [1.29, 1.82) is 0 Å². The molecule has 1 unspecified atom stereocenters. The van der Waals surface area contributed by atoms with Gasteiger partial charge in [0.15, 0.2) is 0 Å². The first-order valence-electron chi connectivity index (χ1n) is 6.67. The van der Waals surface area contributed by atoms with E-state index in [4.69, 9.17) is 4.74 Å². The van der Waals surface area contributed by atoms with Crippen LogP contribution in [-0.2, 0) is 11.8 Å². The van der Waals surface area contributed by atoms with Gasteiger partial charge in [-0.1, -0.05) is 0 Å². The van der Waals surface area contributed by atoms with Crippen LogP contribution >= 0.6 is 0 Å². The summed E-state index contributed by atoms with van der Waals surface area (Å²) in [5, 5.41) is 0. The van der Waals surface area contributed by atoms with Crippen LogP contribution in [0.4, 0.5) is 0 Å². The molecule has 1 saturated heterocycles. The lowest BCUT2D eigenvalue weighted by atomic mass is 10.1. The monoisotopic (exact) mass is 258 g/mol. The van der Waals surface area contributed by atoms with E-state index >= 15 is 0 Å². The zero-order chi connectivity index (χ0) is 13.6. The molecule has 0 amide bonds. The average molecular weight is 258 g/mol. The minimum atomic E-state index is -0.135. The highest BCUT2D eigenvalue weighted by Crippen LogP contribution is 2.26. The van der Waals surface area contributed by atoms with Crippen LogP contribution in [-0.4, -0.2) is 16.2 Å². The van der Waals surface area contributed by atoms with Gasteiger partial charge in [0, 0.05) is 13.7 Å². The molecule has 1 atom stereocenters. The summed E-state index contributed by atoms with van der Waals surface area (Å²) in [5.74, 6) is 0. The second kappa shape index (κ2) is 4.46. The molecule has 1 aliphatic heterocycles. The van der Waals surface area contributed by atoms with Gasteiger partial charge >= 0.3 is 0 Å². The topological polar surface area (TPSA) is 44.1 Å². The van der Waals surface area contributed by atoms with Crippen molar-refractivity contribution in [2.45, 2.75) is 32.8 Å². The second-order valence-corrected chi connectivity index (χ2v) is 5.29. The summed E-state index contributed by atoms with van der Waals surface area (Å²) in [5.41, 5.74) is 4.63. The smallest absolute Gasteiger partial charge is 0.275 e. The minimum absolute atomic E-state index is 0.0392. The van der Waals surface area contributed by atoms with Gasteiger partial charge in [0.25, 0.3) is 5.56 Å². The summed E-state index contributed by atoms with van der Waals surface area (Å²) in [6, 6.07) is 4.07. The molecule has 0 saturated carbocycles. The van der Waals surface area contributed by atoms with Gasteiger partial charge in [0.2, 0.25) is 0 Å². The first kappa shape index (κ1) is 12.4. The van der Waals surface area contributed by atoms with Gasteiger partial charge in [-0.05, 0) is 49.9 Å². The molecule has 2 heterocycles. The van der Waals surface area contributed by atoms with Crippen LogP contribution in [0.15, 0.2) is 16.9 Å². The molecule has 4 nitrogen and oxygen atoms in total. The highest BCUT2D eigenvalue weighted by Gasteiger charge is 2.23. The van der Waals surface area contributed by atoms with Crippen molar-refractivity contribution in [3.8, 4) is 0 Å². The molecule has 1 aliphatic rings. The number of hydrogen-bond donors (Lipinski definition) is 0. The Balaban J connectivity index is 2.28. The normalized spacial score (nSPS) is 19.2. The number of ether oxygens (including phenoxy) is 1. The Morgan fingerprint density at radius 1 is 1.32 bits per heavy atom. The number of rotatable bonds is 1. The van der Waals surface area contributed by atoms with E-state index in [0.717, 1.165) is 30.5 Å². The molecule has 0 aliphatic carbocycles. The lowest BCUT2D eigenvalue weighted by molar-refractivity contribution is 0.107. The predicted octanol–water partition coefficient (Wildman–Crippen LogP) is 2.40. The lowest BCUT2D eigenvalue weighted by Crippen LogP contribution is -2.25. The summed E-state index contributed by atoms with van der Waals surface area (Å²) in [4.78, 5) is 16.9. The van der Waals surface area contributed by atoms with E-state index in [9.17, 15) is 4.79 Å². The molecule has 0 N–H and O–H groups in total. The third kappa shape index (κ3) is 1.96. The molecule has 0 bridgehead atoms. The van der Waals surface area contributed by atoms with Gasteiger partial charge in [0.1, 0.15) is 11.8 Å². The molecule has 100 valence electrons. The highest BCUT2D eigenvalue weighted by molar-refractivity contribution is 5.76. The molecule has 1 aromatic heterocycles. The lowest BCUT2D eigenvalue weighted by Gasteiger charge is -2.13. The van der Waals surface area contributed by atoms with Gasteiger partial charge < -0.3 is 9.30 Å². The third-order valence-corrected chi connectivity index (χ3v) is 3.95. The van der Waals surface area contributed by atoms with Crippen LogP contribution < -0.4 is 5.56 Å². The molecule has 1 fully saturated rings. The van der Waals surface area contributed by atoms with Crippen molar-refractivity contribution in [2.75, 3.05) is 6.61 Å². The van der Waals surface area contributed by atoms with E-state index in [1.165, 1.54) is 11.1 Å². The molecule has 0 spiro atoms. The maximum atomic E-state index is 12.4. The zero-order valence-corrected chi connectivity index (χ0v) is 11.6. The van der Waals surface area contributed by atoms with E-state index in [1.54, 1.807) is 11.6 Å². The van der Waals surface area contributed by atoms with Crippen molar-refractivity contribution in [3.05, 3.63) is 39.3 Å². The van der Waals surface area contributed by atoms with E-state index in [2.05, 4.69) is 11.9 Å². The van der Waals surface area contributed by atoms with Crippen molar-refractivity contribution in [1.82, 2.24) is 9.55 Å². The van der Waals surface area contributed by atoms with E-state index in [-0.39, 0.29) is 11.7 Å². The van der Waals surface area contributed by atoms with E-state index < -0.39 is 0 Å². The summed E-state index contributed by atoms with van der Waals surface area (Å²) >= 11 is 0. The number of aryl methyl sites for hydroxylation is 3. The fourth-order valence-corrected chi connectivity index (χ4v) is 2.61.